The average Bonchev–Trinajstić information content (AvgIpc) is 3.06. The fourth-order valence-corrected chi connectivity index (χ4v) is 3.43. The molecule has 1 fully saturated rings. The number of nitrogens with zero attached hydrogens (tertiary/aromatic N) is 4. The Kier molecular flexibility index (Phi) is 6.02. The van der Waals surface area contributed by atoms with Gasteiger partial charge in [-0.2, -0.15) is 10.1 Å². The quantitative estimate of drug-likeness (QED) is 0.687. The Bertz CT molecular complexity index is 873. The van der Waals surface area contributed by atoms with E-state index in [0.717, 1.165) is 38.9 Å². The number of hydrogen-bond acceptors (Lipinski definition) is 6. The van der Waals surface area contributed by atoms with Crippen LogP contribution in [0.4, 0.5) is 5.95 Å². The third-order valence-corrected chi connectivity index (χ3v) is 4.94. The van der Waals surface area contributed by atoms with E-state index in [2.05, 4.69) is 30.6 Å². The first-order valence-corrected chi connectivity index (χ1v) is 10.0. The minimum Gasteiger partial charge on any atom is -0.355 e. The largest absolute Gasteiger partial charge is 0.355 e. The van der Waals surface area contributed by atoms with Gasteiger partial charge in [-0.15, -0.1) is 0 Å². The number of likely N-dealkylation sites (tertiary alicyclic amines) is 1. The Morgan fingerprint density at radius 3 is 2.68 bits per heavy atom. The summed E-state index contributed by atoms with van der Waals surface area (Å²) < 4.78 is 1.78. The van der Waals surface area contributed by atoms with E-state index in [-0.39, 0.29) is 23.0 Å². The molecular weight excluding hydrogens is 358 g/mol. The van der Waals surface area contributed by atoms with E-state index in [9.17, 15) is 9.59 Å². The van der Waals surface area contributed by atoms with E-state index in [1.807, 2.05) is 27.7 Å². The first-order chi connectivity index (χ1) is 13.3. The molecule has 0 bridgehead atoms. The molecule has 0 atom stereocenters. The van der Waals surface area contributed by atoms with Crippen molar-refractivity contribution >= 4 is 22.9 Å². The Hall–Kier alpha value is -2.42. The Morgan fingerprint density at radius 2 is 2.04 bits per heavy atom. The Balaban J connectivity index is 1.63. The third kappa shape index (κ3) is 4.70. The number of fused-ring (bicyclic) bond motifs is 1. The molecule has 3 rings (SSSR count). The molecule has 0 aliphatic carbocycles. The van der Waals surface area contributed by atoms with Crippen molar-refractivity contribution in [3.8, 4) is 0 Å². The second-order valence-electron chi connectivity index (χ2n) is 8.42. The van der Waals surface area contributed by atoms with E-state index in [1.54, 1.807) is 10.9 Å². The summed E-state index contributed by atoms with van der Waals surface area (Å²) in [6, 6.07) is 0.210. The van der Waals surface area contributed by atoms with Crippen LogP contribution in [0.25, 0.3) is 11.0 Å². The molecule has 154 valence electrons. The normalized spacial score (nSPS) is 16.4. The lowest BCUT2D eigenvalue weighted by molar-refractivity contribution is -0.122. The lowest BCUT2D eigenvalue weighted by Gasteiger charge is -2.32. The summed E-state index contributed by atoms with van der Waals surface area (Å²) >= 11 is 0. The summed E-state index contributed by atoms with van der Waals surface area (Å²) in [5.41, 5.74) is 0.139. The Labute approximate surface area is 164 Å². The van der Waals surface area contributed by atoms with Crippen molar-refractivity contribution in [2.24, 2.45) is 0 Å². The fourth-order valence-electron chi connectivity index (χ4n) is 3.43. The molecule has 0 aromatic carbocycles. The van der Waals surface area contributed by atoms with Crippen LogP contribution < -0.4 is 16.2 Å². The van der Waals surface area contributed by atoms with Gasteiger partial charge >= 0.3 is 0 Å². The predicted molar refractivity (Wildman–Crippen MR) is 110 cm³/mol. The molecule has 9 heteroatoms. The number of anilines is 1. The molecule has 2 aromatic heterocycles. The maximum Gasteiger partial charge on any atom is 0.263 e. The van der Waals surface area contributed by atoms with Crippen LogP contribution in [0, 0.1) is 0 Å². The third-order valence-electron chi connectivity index (χ3n) is 4.94. The standard InChI is InChI=1S/C19H31N7O2/c1-5-8-20-15(27)12-25-9-6-13(7-10-25)22-18-23-16-14(17(28)24-18)11-21-26(16)19(2,3)4/h11,13H,5-10,12H2,1-4H3,(H,20,27)(H2,22,23,24,28). The highest BCUT2D eigenvalue weighted by Gasteiger charge is 2.23. The first kappa shape index (κ1) is 20.3. The van der Waals surface area contributed by atoms with Crippen LogP contribution in [0.3, 0.4) is 0 Å². The lowest BCUT2D eigenvalue weighted by Crippen LogP contribution is -2.44. The van der Waals surface area contributed by atoms with Crippen LogP contribution in [0.5, 0.6) is 0 Å². The summed E-state index contributed by atoms with van der Waals surface area (Å²) in [5, 5.41) is 11.1. The van der Waals surface area contributed by atoms with Crippen molar-refractivity contribution in [2.75, 3.05) is 31.5 Å². The summed E-state index contributed by atoms with van der Waals surface area (Å²) in [6.45, 7) is 11.0. The highest BCUT2D eigenvalue weighted by molar-refractivity contribution is 5.78. The molecule has 1 aliphatic heterocycles. The summed E-state index contributed by atoms with van der Waals surface area (Å²) in [4.78, 5) is 33.9. The number of piperidine rings is 1. The molecule has 3 N–H and O–H groups in total. The first-order valence-electron chi connectivity index (χ1n) is 10.0. The van der Waals surface area contributed by atoms with Gasteiger partial charge in [-0.05, 0) is 40.0 Å². The zero-order valence-corrected chi connectivity index (χ0v) is 17.2. The van der Waals surface area contributed by atoms with Crippen LogP contribution in [0.1, 0.15) is 47.0 Å². The van der Waals surface area contributed by atoms with Crippen molar-refractivity contribution in [3.63, 3.8) is 0 Å². The molecule has 0 spiro atoms. The second kappa shape index (κ2) is 8.30. The van der Waals surface area contributed by atoms with Gasteiger partial charge in [0.1, 0.15) is 5.39 Å². The van der Waals surface area contributed by atoms with Gasteiger partial charge in [0.25, 0.3) is 5.56 Å². The predicted octanol–water partition coefficient (Wildman–Crippen LogP) is 1.28. The van der Waals surface area contributed by atoms with E-state index in [1.165, 1.54) is 0 Å². The molecule has 1 aliphatic rings. The zero-order valence-electron chi connectivity index (χ0n) is 17.2. The second-order valence-corrected chi connectivity index (χ2v) is 8.42. The van der Waals surface area contributed by atoms with E-state index in [4.69, 9.17) is 0 Å². The van der Waals surface area contributed by atoms with Crippen LogP contribution in [-0.2, 0) is 10.3 Å². The van der Waals surface area contributed by atoms with Gasteiger partial charge < -0.3 is 10.6 Å². The monoisotopic (exact) mass is 389 g/mol. The van der Waals surface area contributed by atoms with E-state index in [0.29, 0.717) is 23.5 Å². The van der Waals surface area contributed by atoms with Crippen LogP contribution >= 0.6 is 0 Å². The van der Waals surface area contributed by atoms with Gasteiger partial charge in [0.05, 0.1) is 18.3 Å². The molecule has 9 nitrogen and oxygen atoms in total. The van der Waals surface area contributed by atoms with Crippen molar-refractivity contribution in [3.05, 3.63) is 16.6 Å². The van der Waals surface area contributed by atoms with Crippen molar-refractivity contribution in [1.29, 1.82) is 0 Å². The molecular formula is C19H31N7O2. The number of nitrogens with one attached hydrogen (secondary N) is 3. The van der Waals surface area contributed by atoms with Crippen molar-refractivity contribution in [2.45, 2.75) is 58.5 Å². The molecule has 0 radical (unpaired) electrons. The van der Waals surface area contributed by atoms with Gasteiger partial charge in [0.15, 0.2) is 5.65 Å². The molecule has 0 saturated carbocycles. The van der Waals surface area contributed by atoms with Crippen molar-refractivity contribution in [1.82, 2.24) is 30.0 Å². The van der Waals surface area contributed by atoms with Crippen molar-refractivity contribution < 1.29 is 4.79 Å². The number of H-pyrrole nitrogens is 1. The van der Waals surface area contributed by atoms with Gasteiger partial charge in [0, 0.05) is 25.7 Å². The summed E-state index contributed by atoms with van der Waals surface area (Å²) in [7, 11) is 0. The van der Waals surface area contributed by atoms with Crippen LogP contribution in [0.15, 0.2) is 11.0 Å². The number of carbonyl (C=O) groups excluding carboxylic acids is 1. The maximum absolute atomic E-state index is 12.4. The van der Waals surface area contributed by atoms with Gasteiger partial charge in [-0.25, -0.2) is 4.68 Å². The summed E-state index contributed by atoms with van der Waals surface area (Å²) in [6.07, 6.45) is 4.29. The molecule has 2 aromatic rings. The summed E-state index contributed by atoms with van der Waals surface area (Å²) in [5.74, 6) is 0.558. The fraction of sp³-hybridized carbons (Fsp3) is 0.684. The topological polar surface area (TPSA) is 108 Å². The molecule has 1 amide bonds. The van der Waals surface area contributed by atoms with Crippen LogP contribution in [0.2, 0.25) is 0 Å². The van der Waals surface area contributed by atoms with Crippen LogP contribution in [-0.4, -0.2) is 62.8 Å². The lowest BCUT2D eigenvalue weighted by atomic mass is 10.1. The minimum atomic E-state index is -0.260. The smallest absolute Gasteiger partial charge is 0.263 e. The number of aromatic nitrogens is 4. The van der Waals surface area contributed by atoms with Gasteiger partial charge in [0.2, 0.25) is 11.9 Å². The number of rotatable bonds is 6. The minimum absolute atomic E-state index is 0.0835. The van der Waals surface area contributed by atoms with Gasteiger partial charge in [-0.3, -0.25) is 19.5 Å². The zero-order chi connectivity index (χ0) is 20.3. The van der Waals surface area contributed by atoms with E-state index >= 15 is 0 Å². The molecule has 1 saturated heterocycles. The number of carbonyl (C=O) groups is 1. The number of hydrogen-bond donors (Lipinski definition) is 3. The number of aromatic amines is 1. The molecule has 28 heavy (non-hydrogen) atoms. The van der Waals surface area contributed by atoms with Gasteiger partial charge in [-0.1, -0.05) is 6.92 Å². The highest BCUT2D eigenvalue weighted by Crippen LogP contribution is 2.20. The molecule has 3 heterocycles. The number of amides is 1. The highest BCUT2D eigenvalue weighted by atomic mass is 16.2. The Morgan fingerprint density at radius 1 is 1.32 bits per heavy atom. The molecule has 0 unspecified atom stereocenters. The SMILES string of the molecule is CCCNC(=O)CN1CCC(Nc2nc3c(cnn3C(C)(C)C)c(=O)[nH]2)CC1. The van der Waals surface area contributed by atoms with E-state index < -0.39 is 0 Å². The maximum atomic E-state index is 12.4. The average molecular weight is 390 g/mol.